The molecule has 0 saturated carbocycles. The molecule has 0 aliphatic carbocycles. The number of pyridine rings is 1. The van der Waals surface area contributed by atoms with Gasteiger partial charge in [0.15, 0.2) is 5.11 Å². The van der Waals surface area contributed by atoms with Crippen molar-refractivity contribution in [1.82, 2.24) is 14.9 Å². The molecule has 2 aromatic carbocycles. The molecule has 3 heterocycles. The van der Waals surface area contributed by atoms with Crippen LogP contribution < -0.4 is 10.2 Å². The van der Waals surface area contributed by atoms with Crippen LogP contribution in [0.15, 0.2) is 81.9 Å². The topological polar surface area (TPSA) is 33.1 Å². The first kappa shape index (κ1) is 23.3. The number of thiocarbonyl (C=S) groups is 1. The first-order valence-corrected chi connectivity index (χ1v) is 13.1. The zero-order chi connectivity index (χ0) is 24.0. The fraction of sp³-hybridized carbons (Fsp3) is 0.185. The summed E-state index contributed by atoms with van der Waals surface area (Å²) in [5.74, 6) is 0. The Hall–Kier alpha value is -2.48. The Labute approximate surface area is 222 Å². The van der Waals surface area contributed by atoms with E-state index in [4.69, 9.17) is 12.2 Å². The molecule has 0 amide bonds. The molecule has 34 heavy (non-hydrogen) atoms. The lowest BCUT2D eigenvalue weighted by Crippen LogP contribution is -2.29. The lowest BCUT2D eigenvalue weighted by molar-refractivity contribution is 0.565. The van der Waals surface area contributed by atoms with Crippen molar-refractivity contribution in [2.75, 3.05) is 4.90 Å². The van der Waals surface area contributed by atoms with Gasteiger partial charge in [0.25, 0.3) is 0 Å². The number of aryl methyl sites for hydroxylation is 2. The number of halogens is 2. The van der Waals surface area contributed by atoms with Crippen LogP contribution in [0.5, 0.6) is 0 Å². The van der Waals surface area contributed by atoms with Crippen LogP contribution in [0.25, 0.3) is 5.69 Å². The highest BCUT2D eigenvalue weighted by molar-refractivity contribution is 9.10. The summed E-state index contributed by atoms with van der Waals surface area (Å²) in [6.07, 6.45) is 1.84. The molecule has 7 heteroatoms. The monoisotopic (exact) mass is 594 g/mol. The lowest BCUT2D eigenvalue weighted by atomic mass is 9.96. The largest absolute Gasteiger partial charge is 0.351 e. The average Bonchev–Trinajstić information content (AvgIpc) is 3.32. The van der Waals surface area contributed by atoms with Gasteiger partial charge >= 0.3 is 0 Å². The summed E-state index contributed by atoms with van der Waals surface area (Å²) in [5.41, 5.74) is 7.94. The molecule has 0 unspecified atom stereocenters. The van der Waals surface area contributed by atoms with E-state index < -0.39 is 0 Å². The minimum absolute atomic E-state index is 0.0432. The molecular formula is C27H24Br2N4S. The Morgan fingerprint density at radius 3 is 2.32 bits per heavy atom. The molecule has 0 radical (unpaired) electrons. The molecule has 0 bridgehead atoms. The number of nitrogens with one attached hydrogen (secondary N) is 1. The molecule has 5 rings (SSSR count). The standard InChI is InChI=1S/C27H24Br2N4S/c1-16-14-21(11-12-23(16)29)33-26(25(31-27(33)34)24-6-4-5-13-30-24)22-15-17(2)32(18(22)3)20-9-7-19(28)8-10-20/h4-15,25-26H,1-3H3,(H,31,34)/t25-,26-/m1/s1. The van der Waals surface area contributed by atoms with Gasteiger partial charge in [-0.25, -0.2) is 0 Å². The summed E-state index contributed by atoms with van der Waals surface area (Å²) >= 11 is 13.1. The van der Waals surface area contributed by atoms with Crippen LogP contribution >= 0.6 is 44.1 Å². The molecule has 172 valence electrons. The van der Waals surface area contributed by atoms with E-state index in [1.807, 2.05) is 18.3 Å². The molecule has 4 aromatic rings. The van der Waals surface area contributed by atoms with Crippen molar-refractivity contribution in [3.63, 3.8) is 0 Å². The van der Waals surface area contributed by atoms with Crippen molar-refractivity contribution in [1.29, 1.82) is 0 Å². The summed E-state index contributed by atoms with van der Waals surface area (Å²) in [5, 5.41) is 4.28. The summed E-state index contributed by atoms with van der Waals surface area (Å²) in [7, 11) is 0. The van der Waals surface area contributed by atoms with Gasteiger partial charge in [0.05, 0.1) is 17.8 Å². The summed E-state index contributed by atoms with van der Waals surface area (Å²) in [4.78, 5) is 6.93. The average molecular weight is 596 g/mol. The molecule has 1 saturated heterocycles. The minimum Gasteiger partial charge on any atom is -0.351 e. The van der Waals surface area contributed by atoms with E-state index in [0.717, 1.165) is 26.0 Å². The zero-order valence-electron chi connectivity index (χ0n) is 19.1. The highest BCUT2D eigenvalue weighted by atomic mass is 79.9. The summed E-state index contributed by atoms with van der Waals surface area (Å²) in [6, 6.07) is 23.0. The number of nitrogens with zero attached hydrogens (tertiary/aromatic N) is 3. The molecule has 1 aliphatic rings. The van der Waals surface area contributed by atoms with Crippen LogP contribution in [0.4, 0.5) is 5.69 Å². The van der Waals surface area contributed by atoms with Gasteiger partial charge in [-0.05, 0) is 105 Å². The van der Waals surface area contributed by atoms with E-state index in [0.29, 0.717) is 5.11 Å². The zero-order valence-corrected chi connectivity index (χ0v) is 23.1. The van der Waals surface area contributed by atoms with Crippen molar-refractivity contribution < 1.29 is 0 Å². The van der Waals surface area contributed by atoms with Gasteiger partial charge in [-0.15, -0.1) is 0 Å². The second kappa shape index (κ2) is 9.29. The molecule has 2 atom stereocenters. The maximum atomic E-state index is 5.91. The van der Waals surface area contributed by atoms with Crippen molar-refractivity contribution in [3.8, 4) is 5.69 Å². The van der Waals surface area contributed by atoms with Gasteiger partial charge in [-0.3, -0.25) is 4.98 Å². The number of rotatable bonds is 4. The Kier molecular flexibility index (Phi) is 6.35. The number of hydrogen-bond donors (Lipinski definition) is 1. The number of benzene rings is 2. The van der Waals surface area contributed by atoms with Gasteiger partial charge in [0.1, 0.15) is 0 Å². The van der Waals surface area contributed by atoms with Crippen LogP contribution in [0, 0.1) is 20.8 Å². The first-order chi connectivity index (χ1) is 16.3. The predicted molar refractivity (Wildman–Crippen MR) is 150 cm³/mol. The minimum atomic E-state index is -0.0727. The molecule has 1 N–H and O–H groups in total. The second-order valence-electron chi connectivity index (χ2n) is 8.57. The van der Waals surface area contributed by atoms with E-state index in [1.165, 1.54) is 22.5 Å². The van der Waals surface area contributed by atoms with Crippen molar-refractivity contribution in [3.05, 3.63) is 110 Å². The second-order valence-corrected chi connectivity index (χ2v) is 10.7. The highest BCUT2D eigenvalue weighted by Gasteiger charge is 2.42. The Morgan fingerprint density at radius 1 is 0.912 bits per heavy atom. The van der Waals surface area contributed by atoms with E-state index in [9.17, 15) is 0 Å². The predicted octanol–water partition coefficient (Wildman–Crippen LogP) is 7.50. The Morgan fingerprint density at radius 2 is 1.65 bits per heavy atom. The van der Waals surface area contributed by atoms with Crippen molar-refractivity contribution >= 4 is 54.9 Å². The molecule has 1 fully saturated rings. The third-order valence-electron chi connectivity index (χ3n) is 6.39. The van der Waals surface area contributed by atoms with Gasteiger partial charge in [-0.2, -0.15) is 0 Å². The summed E-state index contributed by atoms with van der Waals surface area (Å²) in [6.45, 7) is 6.44. The maximum Gasteiger partial charge on any atom is 0.174 e. The van der Waals surface area contributed by atoms with Crippen molar-refractivity contribution in [2.45, 2.75) is 32.9 Å². The molecular weight excluding hydrogens is 572 g/mol. The molecule has 2 aromatic heterocycles. The Balaban J connectivity index is 1.68. The van der Waals surface area contributed by atoms with Crippen LogP contribution in [0.2, 0.25) is 0 Å². The molecule has 4 nitrogen and oxygen atoms in total. The maximum absolute atomic E-state index is 5.91. The third kappa shape index (κ3) is 4.10. The third-order valence-corrected chi connectivity index (χ3v) is 8.12. The lowest BCUT2D eigenvalue weighted by Gasteiger charge is -2.28. The number of hydrogen-bond acceptors (Lipinski definition) is 2. The highest BCUT2D eigenvalue weighted by Crippen LogP contribution is 2.44. The fourth-order valence-corrected chi connectivity index (χ4v) is 5.66. The summed E-state index contributed by atoms with van der Waals surface area (Å²) < 4.78 is 4.46. The fourth-order valence-electron chi connectivity index (χ4n) is 4.80. The number of anilines is 1. The van der Waals surface area contributed by atoms with Crippen molar-refractivity contribution in [2.24, 2.45) is 0 Å². The van der Waals surface area contributed by atoms with Gasteiger partial charge in [0.2, 0.25) is 0 Å². The van der Waals surface area contributed by atoms with Crippen LogP contribution in [-0.4, -0.2) is 14.7 Å². The number of aromatic nitrogens is 2. The molecule has 1 aliphatic heterocycles. The smallest absolute Gasteiger partial charge is 0.174 e. The van der Waals surface area contributed by atoms with Crippen LogP contribution in [0.1, 0.15) is 40.3 Å². The van der Waals surface area contributed by atoms with Gasteiger partial charge in [-0.1, -0.05) is 37.9 Å². The SMILES string of the molecule is Cc1cc(N2C(=S)N[C@H](c3ccccn3)[C@H]2c2cc(C)n(-c3ccc(Br)cc3)c2C)ccc1Br. The van der Waals surface area contributed by atoms with Gasteiger partial charge < -0.3 is 14.8 Å². The van der Waals surface area contributed by atoms with E-state index in [-0.39, 0.29) is 12.1 Å². The van der Waals surface area contributed by atoms with E-state index >= 15 is 0 Å². The first-order valence-electron chi connectivity index (χ1n) is 11.1. The van der Waals surface area contributed by atoms with Gasteiger partial charge in [0, 0.05) is 37.9 Å². The van der Waals surface area contributed by atoms with Crippen LogP contribution in [0.3, 0.4) is 0 Å². The Bertz CT molecular complexity index is 1370. The van der Waals surface area contributed by atoms with E-state index in [1.54, 1.807) is 0 Å². The van der Waals surface area contributed by atoms with Crippen LogP contribution in [-0.2, 0) is 0 Å². The quantitative estimate of drug-likeness (QED) is 0.248. The molecule has 0 spiro atoms. The van der Waals surface area contributed by atoms with E-state index in [2.05, 4.69) is 127 Å². The normalized spacial score (nSPS) is 17.8.